The summed E-state index contributed by atoms with van der Waals surface area (Å²) in [6.07, 6.45) is 0. The topological polar surface area (TPSA) is 22.6 Å². The van der Waals surface area contributed by atoms with E-state index in [4.69, 9.17) is 28.2 Å². The minimum atomic E-state index is 0.603. The lowest BCUT2D eigenvalue weighted by Crippen LogP contribution is -2.49. The molecule has 26 heavy (non-hydrogen) atoms. The van der Waals surface area contributed by atoms with Crippen molar-refractivity contribution in [3.63, 3.8) is 0 Å². The van der Waals surface area contributed by atoms with Crippen LogP contribution in [0.15, 0.2) is 42.5 Å². The molecule has 1 aliphatic heterocycles. The van der Waals surface area contributed by atoms with Gasteiger partial charge in [-0.2, -0.15) is 0 Å². The third-order valence-corrected chi connectivity index (χ3v) is 6.55. The van der Waals surface area contributed by atoms with Gasteiger partial charge in [0, 0.05) is 38.9 Å². The minimum absolute atomic E-state index is 0.603. The van der Waals surface area contributed by atoms with Gasteiger partial charge in [0.05, 0.1) is 26.9 Å². The molecular weight excluding hydrogens is 387 g/mol. The SMILES string of the molecule is CN(CN1CCN(c2ccc(Cl)c(Cl)c2)CC1)c1nc2ccccc2s1. The van der Waals surface area contributed by atoms with Crippen LogP contribution in [0.25, 0.3) is 10.2 Å². The number of aromatic nitrogens is 1. The lowest BCUT2D eigenvalue weighted by atomic mass is 10.2. The van der Waals surface area contributed by atoms with E-state index in [0.29, 0.717) is 10.0 Å². The molecule has 0 radical (unpaired) electrons. The summed E-state index contributed by atoms with van der Waals surface area (Å²) >= 11 is 13.9. The monoisotopic (exact) mass is 406 g/mol. The van der Waals surface area contributed by atoms with Crippen molar-refractivity contribution in [2.24, 2.45) is 0 Å². The van der Waals surface area contributed by atoms with E-state index in [1.165, 1.54) is 4.70 Å². The zero-order chi connectivity index (χ0) is 18.1. The first-order valence-corrected chi connectivity index (χ1v) is 10.2. The maximum Gasteiger partial charge on any atom is 0.187 e. The van der Waals surface area contributed by atoms with Crippen molar-refractivity contribution >= 4 is 55.6 Å². The molecule has 0 saturated carbocycles. The van der Waals surface area contributed by atoms with Crippen LogP contribution in [-0.4, -0.2) is 49.8 Å². The number of hydrogen-bond acceptors (Lipinski definition) is 5. The molecule has 1 saturated heterocycles. The van der Waals surface area contributed by atoms with E-state index in [0.717, 1.165) is 49.2 Å². The third kappa shape index (κ3) is 3.76. The Kier molecular flexibility index (Phi) is 5.23. The van der Waals surface area contributed by atoms with Gasteiger partial charge in [0.1, 0.15) is 0 Å². The quantitative estimate of drug-likeness (QED) is 0.619. The van der Waals surface area contributed by atoms with Gasteiger partial charge < -0.3 is 9.80 Å². The summed E-state index contributed by atoms with van der Waals surface area (Å²) in [6.45, 7) is 4.86. The smallest absolute Gasteiger partial charge is 0.187 e. The zero-order valence-electron chi connectivity index (χ0n) is 14.5. The second kappa shape index (κ2) is 7.61. The van der Waals surface area contributed by atoms with Crippen LogP contribution >= 0.6 is 34.5 Å². The van der Waals surface area contributed by atoms with Gasteiger partial charge in [-0.25, -0.2) is 4.98 Å². The number of anilines is 2. The van der Waals surface area contributed by atoms with Crippen molar-refractivity contribution in [2.45, 2.75) is 0 Å². The van der Waals surface area contributed by atoms with Crippen LogP contribution in [-0.2, 0) is 0 Å². The molecule has 0 aliphatic carbocycles. The van der Waals surface area contributed by atoms with E-state index in [9.17, 15) is 0 Å². The summed E-state index contributed by atoms with van der Waals surface area (Å²) in [4.78, 5) is 11.8. The van der Waals surface area contributed by atoms with E-state index >= 15 is 0 Å². The van der Waals surface area contributed by atoms with E-state index in [2.05, 4.69) is 39.9 Å². The van der Waals surface area contributed by atoms with Gasteiger partial charge in [-0.15, -0.1) is 0 Å². The highest BCUT2D eigenvalue weighted by atomic mass is 35.5. The number of thiazole rings is 1. The van der Waals surface area contributed by atoms with Gasteiger partial charge in [-0.1, -0.05) is 46.7 Å². The molecule has 0 amide bonds. The molecule has 4 nitrogen and oxygen atoms in total. The Morgan fingerprint density at radius 2 is 1.81 bits per heavy atom. The summed E-state index contributed by atoms with van der Waals surface area (Å²) in [5.74, 6) is 0. The fourth-order valence-corrected chi connectivity index (χ4v) is 4.42. The third-order valence-electron chi connectivity index (χ3n) is 4.66. The number of piperazine rings is 1. The summed E-state index contributed by atoms with van der Waals surface area (Å²) in [6, 6.07) is 14.1. The molecule has 4 rings (SSSR count). The highest BCUT2D eigenvalue weighted by molar-refractivity contribution is 7.22. The number of fused-ring (bicyclic) bond motifs is 1. The highest BCUT2D eigenvalue weighted by Gasteiger charge is 2.20. The van der Waals surface area contributed by atoms with Crippen molar-refractivity contribution in [1.82, 2.24) is 9.88 Å². The van der Waals surface area contributed by atoms with Crippen LogP contribution in [0.5, 0.6) is 0 Å². The Balaban J connectivity index is 1.36. The Morgan fingerprint density at radius 3 is 2.54 bits per heavy atom. The predicted molar refractivity (Wildman–Crippen MR) is 113 cm³/mol. The summed E-state index contributed by atoms with van der Waals surface area (Å²) in [5.41, 5.74) is 2.21. The van der Waals surface area contributed by atoms with Crippen molar-refractivity contribution in [1.29, 1.82) is 0 Å². The summed E-state index contributed by atoms with van der Waals surface area (Å²) in [7, 11) is 2.11. The first kappa shape index (κ1) is 17.9. The van der Waals surface area contributed by atoms with Gasteiger partial charge in [0.15, 0.2) is 5.13 Å². The molecule has 0 atom stereocenters. The molecule has 1 aliphatic rings. The lowest BCUT2D eigenvalue weighted by molar-refractivity contribution is 0.260. The first-order valence-electron chi connectivity index (χ1n) is 8.59. The molecule has 136 valence electrons. The van der Waals surface area contributed by atoms with E-state index in [1.807, 2.05) is 24.3 Å². The Bertz CT molecular complexity index is 872. The zero-order valence-corrected chi connectivity index (χ0v) is 16.9. The lowest BCUT2D eigenvalue weighted by Gasteiger charge is -2.37. The molecule has 2 aromatic carbocycles. The van der Waals surface area contributed by atoms with Crippen LogP contribution in [0.2, 0.25) is 10.0 Å². The molecule has 3 aromatic rings. The van der Waals surface area contributed by atoms with Gasteiger partial charge in [0.2, 0.25) is 0 Å². The van der Waals surface area contributed by atoms with Crippen molar-refractivity contribution in [3.8, 4) is 0 Å². The molecule has 1 aromatic heterocycles. The van der Waals surface area contributed by atoms with Gasteiger partial charge in [-0.05, 0) is 30.3 Å². The number of benzene rings is 2. The molecule has 0 spiro atoms. The molecule has 1 fully saturated rings. The maximum atomic E-state index is 6.15. The van der Waals surface area contributed by atoms with Crippen LogP contribution in [0.4, 0.5) is 10.8 Å². The normalized spacial score (nSPS) is 15.6. The maximum absolute atomic E-state index is 6.15. The molecule has 0 bridgehead atoms. The second-order valence-electron chi connectivity index (χ2n) is 6.51. The predicted octanol–water partition coefficient (Wildman–Crippen LogP) is 4.82. The number of rotatable bonds is 4. The van der Waals surface area contributed by atoms with Crippen molar-refractivity contribution < 1.29 is 0 Å². The minimum Gasteiger partial charge on any atom is -0.369 e. The summed E-state index contributed by atoms with van der Waals surface area (Å²) < 4.78 is 1.23. The van der Waals surface area contributed by atoms with Crippen molar-refractivity contribution in [2.75, 3.05) is 49.7 Å². The molecule has 0 N–H and O–H groups in total. The Labute approximate surface area is 167 Å². The highest BCUT2D eigenvalue weighted by Crippen LogP contribution is 2.29. The van der Waals surface area contributed by atoms with Gasteiger partial charge >= 0.3 is 0 Å². The van der Waals surface area contributed by atoms with Crippen molar-refractivity contribution in [3.05, 3.63) is 52.5 Å². The number of hydrogen-bond donors (Lipinski definition) is 0. The van der Waals surface area contributed by atoms with Crippen LogP contribution in [0, 0.1) is 0 Å². The second-order valence-corrected chi connectivity index (χ2v) is 8.33. The fraction of sp³-hybridized carbons (Fsp3) is 0.316. The average molecular weight is 407 g/mol. The standard InChI is InChI=1S/C19H20Cl2N4S/c1-23(19-22-17-4-2-3-5-18(17)26-19)13-24-8-10-25(11-9-24)14-6-7-15(20)16(21)12-14/h2-7,12H,8-11,13H2,1H3. The van der Waals surface area contributed by atoms with Gasteiger partial charge in [0.25, 0.3) is 0 Å². The summed E-state index contributed by atoms with van der Waals surface area (Å²) in [5, 5.41) is 2.28. The van der Waals surface area contributed by atoms with Crippen LogP contribution in [0.3, 0.4) is 0 Å². The first-order chi connectivity index (χ1) is 12.6. The molecular formula is C19H20Cl2N4S. The van der Waals surface area contributed by atoms with Crippen LogP contribution in [0.1, 0.15) is 0 Å². The molecule has 2 heterocycles. The number of nitrogens with zero attached hydrogens (tertiary/aromatic N) is 4. The van der Waals surface area contributed by atoms with E-state index < -0.39 is 0 Å². The molecule has 7 heteroatoms. The van der Waals surface area contributed by atoms with Crippen LogP contribution < -0.4 is 9.80 Å². The fourth-order valence-electron chi connectivity index (χ4n) is 3.21. The average Bonchev–Trinajstić information content (AvgIpc) is 3.09. The Hall–Kier alpha value is -1.53. The molecule has 0 unspecified atom stereocenters. The van der Waals surface area contributed by atoms with E-state index in [1.54, 1.807) is 11.3 Å². The largest absolute Gasteiger partial charge is 0.369 e. The van der Waals surface area contributed by atoms with E-state index in [-0.39, 0.29) is 0 Å². The Morgan fingerprint density at radius 1 is 1.04 bits per heavy atom. The number of para-hydroxylation sites is 1. The number of halogens is 2. The van der Waals surface area contributed by atoms with Gasteiger partial charge in [-0.3, -0.25) is 4.90 Å².